The molecule has 0 radical (unpaired) electrons. The molecule has 1 aromatic rings. The van der Waals surface area contributed by atoms with Gasteiger partial charge in [0.25, 0.3) is 0 Å². The normalized spacial score (nSPS) is 29.7. The summed E-state index contributed by atoms with van der Waals surface area (Å²) < 4.78 is 2.16. The van der Waals surface area contributed by atoms with Crippen molar-refractivity contribution in [3.8, 4) is 0 Å². The van der Waals surface area contributed by atoms with Crippen molar-refractivity contribution in [3.05, 3.63) is 23.8 Å². The van der Waals surface area contributed by atoms with Crippen LogP contribution < -0.4 is 10.6 Å². The first-order valence-corrected chi connectivity index (χ1v) is 10.6. The zero-order chi connectivity index (χ0) is 20.0. The van der Waals surface area contributed by atoms with Crippen molar-refractivity contribution in [2.45, 2.75) is 38.8 Å². The van der Waals surface area contributed by atoms with Gasteiger partial charge < -0.3 is 15.2 Å². The molecule has 9 nitrogen and oxygen atoms in total. The van der Waals surface area contributed by atoms with E-state index in [4.69, 9.17) is 0 Å². The third kappa shape index (κ3) is 3.03. The number of hydrogen-bond acceptors (Lipinski definition) is 5. The van der Waals surface area contributed by atoms with E-state index in [0.717, 1.165) is 37.5 Å². The number of rotatable bonds is 6. The third-order valence-electron chi connectivity index (χ3n) is 6.74. The van der Waals surface area contributed by atoms with E-state index in [1.807, 2.05) is 0 Å². The van der Waals surface area contributed by atoms with Crippen LogP contribution in [-0.2, 0) is 29.1 Å². The molecule has 9 heteroatoms. The first kappa shape index (κ1) is 18.3. The number of aryl methyl sites for hydroxylation is 1. The monoisotopic (exact) mass is 397 g/mol. The second kappa shape index (κ2) is 7.27. The molecule has 154 valence electrons. The molecule has 0 aromatic carbocycles. The van der Waals surface area contributed by atoms with E-state index >= 15 is 0 Å². The van der Waals surface area contributed by atoms with Gasteiger partial charge in [0.1, 0.15) is 5.82 Å². The summed E-state index contributed by atoms with van der Waals surface area (Å²) in [5, 5.41) is 15.0. The lowest BCUT2D eigenvalue weighted by Gasteiger charge is -2.18. The van der Waals surface area contributed by atoms with E-state index in [9.17, 15) is 9.59 Å². The van der Waals surface area contributed by atoms with Crippen molar-refractivity contribution in [3.63, 3.8) is 0 Å². The Morgan fingerprint density at radius 2 is 1.93 bits per heavy atom. The van der Waals surface area contributed by atoms with Gasteiger partial charge in [0, 0.05) is 33.1 Å². The molecular formula is C20H27N7O2. The quantitative estimate of drug-likeness (QED) is 0.232. The number of allylic oxidation sites excluding steroid dienone is 2. The summed E-state index contributed by atoms with van der Waals surface area (Å²) in [7, 11) is 1.72. The van der Waals surface area contributed by atoms with Crippen LogP contribution in [0.3, 0.4) is 0 Å². The number of guanidine groups is 1. The van der Waals surface area contributed by atoms with Crippen LogP contribution in [0.1, 0.15) is 30.9 Å². The topological polar surface area (TPSA) is 105 Å². The van der Waals surface area contributed by atoms with Crippen LogP contribution in [0, 0.1) is 23.7 Å². The minimum absolute atomic E-state index is 0.0278. The number of aromatic nitrogens is 3. The number of fused-ring (bicyclic) bond motifs is 6. The Balaban J connectivity index is 1.08. The molecule has 1 aromatic heterocycles. The number of amides is 2. The van der Waals surface area contributed by atoms with Gasteiger partial charge in [-0.15, -0.1) is 10.2 Å². The summed E-state index contributed by atoms with van der Waals surface area (Å²) in [5.41, 5.74) is 0. The fourth-order valence-corrected chi connectivity index (χ4v) is 5.35. The molecule has 2 fully saturated rings. The van der Waals surface area contributed by atoms with E-state index in [2.05, 4.69) is 42.5 Å². The molecule has 1 saturated carbocycles. The molecule has 4 unspecified atom stereocenters. The van der Waals surface area contributed by atoms with Crippen molar-refractivity contribution < 1.29 is 9.59 Å². The smallest absolute Gasteiger partial charge is 0.233 e. The number of aliphatic imine (C=N–C) groups is 1. The van der Waals surface area contributed by atoms with Gasteiger partial charge in [-0.25, -0.2) is 0 Å². The van der Waals surface area contributed by atoms with Crippen LogP contribution in [0.4, 0.5) is 0 Å². The summed E-state index contributed by atoms with van der Waals surface area (Å²) in [6, 6.07) is 0. The van der Waals surface area contributed by atoms with Crippen LogP contribution >= 0.6 is 0 Å². The summed E-state index contributed by atoms with van der Waals surface area (Å²) >= 11 is 0. The Bertz CT molecular complexity index is 859. The van der Waals surface area contributed by atoms with Gasteiger partial charge in [-0.2, -0.15) is 0 Å². The summed E-state index contributed by atoms with van der Waals surface area (Å²) in [4.78, 5) is 31.1. The Morgan fingerprint density at radius 1 is 1.17 bits per heavy atom. The predicted molar refractivity (Wildman–Crippen MR) is 106 cm³/mol. The van der Waals surface area contributed by atoms with Crippen LogP contribution in [0.15, 0.2) is 17.1 Å². The highest BCUT2D eigenvalue weighted by Crippen LogP contribution is 2.52. The number of carbonyl (C=O) groups is 2. The standard InChI is InChI=1S/C20H27N7O2/c1-21-20(23-11-15-25-24-14-4-2-8-26(14)15)22-7-3-9-27-18(28)16-12-5-6-13(10-12)17(16)19(27)29/h5-6,12-13,16-17H,2-4,7-11H2,1H3,(H2,21,22,23). The molecule has 2 N–H and O–H groups in total. The molecule has 2 bridgehead atoms. The van der Waals surface area contributed by atoms with Crippen LogP contribution in [0.5, 0.6) is 0 Å². The number of nitrogens with zero attached hydrogens (tertiary/aromatic N) is 5. The minimum Gasteiger partial charge on any atom is -0.356 e. The number of imide groups is 1. The lowest BCUT2D eigenvalue weighted by atomic mass is 9.85. The molecule has 2 aliphatic carbocycles. The van der Waals surface area contributed by atoms with Crippen molar-refractivity contribution >= 4 is 17.8 Å². The third-order valence-corrected chi connectivity index (χ3v) is 6.74. The van der Waals surface area contributed by atoms with E-state index < -0.39 is 0 Å². The van der Waals surface area contributed by atoms with Gasteiger partial charge in [0.2, 0.25) is 11.8 Å². The van der Waals surface area contributed by atoms with Crippen LogP contribution in [-0.4, -0.2) is 57.6 Å². The van der Waals surface area contributed by atoms with E-state index in [1.165, 1.54) is 4.90 Å². The average molecular weight is 397 g/mol. The molecule has 5 rings (SSSR count). The van der Waals surface area contributed by atoms with Gasteiger partial charge in [0.05, 0.1) is 18.4 Å². The minimum atomic E-state index is -0.107. The molecule has 3 heterocycles. The van der Waals surface area contributed by atoms with Crippen molar-refractivity contribution in [1.29, 1.82) is 0 Å². The second-order valence-electron chi connectivity index (χ2n) is 8.32. The van der Waals surface area contributed by atoms with E-state index in [1.54, 1.807) is 7.05 Å². The first-order chi connectivity index (χ1) is 14.2. The van der Waals surface area contributed by atoms with Crippen LogP contribution in [0.2, 0.25) is 0 Å². The molecule has 2 aliphatic heterocycles. The summed E-state index contributed by atoms with van der Waals surface area (Å²) in [6.45, 7) is 2.64. The highest BCUT2D eigenvalue weighted by atomic mass is 16.2. The highest BCUT2D eigenvalue weighted by Gasteiger charge is 2.58. The molecule has 4 aliphatic rings. The van der Waals surface area contributed by atoms with Crippen LogP contribution in [0.25, 0.3) is 0 Å². The van der Waals surface area contributed by atoms with Gasteiger partial charge in [0.15, 0.2) is 11.8 Å². The van der Waals surface area contributed by atoms with Gasteiger partial charge in [-0.3, -0.25) is 19.5 Å². The Hall–Kier alpha value is -2.71. The van der Waals surface area contributed by atoms with E-state index in [-0.39, 0.29) is 35.5 Å². The summed E-state index contributed by atoms with van der Waals surface area (Å²) in [5.74, 6) is 3.03. The number of carbonyl (C=O) groups excluding carboxylic acids is 2. The maximum absolute atomic E-state index is 12.7. The van der Waals surface area contributed by atoms with Gasteiger partial charge in [-0.05, 0) is 31.1 Å². The molecule has 0 spiro atoms. The van der Waals surface area contributed by atoms with Gasteiger partial charge in [-0.1, -0.05) is 12.2 Å². The average Bonchev–Trinajstić information content (AvgIpc) is 3.51. The maximum atomic E-state index is 12.7. The van der Waals surface area contributed by atoms with Crippen molar-refractivity contribution in [1.82, 2.24) is 30.3 Å². The highest BCUT2D eigenvalue weighted by molar-refractivity contribution is 6.06. The largest absolute Gasteiger partial charge is 0.356 e. The number of likely N-dealkylation sites (tertiary alicyclic amines) is 1. The lowest BCUT2D eigenvalue weighted by Crippen LogP contribution is -2.40. The maximum Gasteiger partial charge on any atom is 0.233 e. The Labute approximate surface area is 169 Å². The number of nitrogens with one attached hydrogen (secondary N) is 2. The molecule has 4 atom stereocenters. The summed E-state index contributed by atoms with van der Waals surface area (Å²) in [6.07, 6.45) is 8.04. The Morgan fingerprint density at radius 3 is 2.66 bits per heavy atom. The van der Waals surface area contributed by atoms with E-state index in [0.29, 0.717) is 32.0 Å². The first-order valence-electron chi connectivity index (χ1n) is 10.6. The zero-order valence-corrected chi connectivity index (χ0v) is 16.7. The molecule has 2 amide bonds. The zero-order valence-electron chi connectivity index (χ0n) is 16.7. The fraction of sp³-hybridized carbons (Fsp3) is 0.650. The lowest BCUT2D eigenvalue weighted by molar-refractivity contribution is -0.140. The predicted octanol–water partition coefficient (Wildman–Crippen LogP) is 0.0865. The molecule has 29 heavy (non-hydrogen) atoms. The Kier molecular flexibility index (Phi) is 4.60. The fourth-order valence-electron chi connectivity index (χ4n) is 5.35. The number of hydrogen-bond donors (Lipinski definition) is 2. The van der Waals surface area contributed by atoms with Gasteiger partial charge >= 0.3 is 0 Å². The second-order valence-corrected chi connectivity index (χ2v) is 8.32. The SMILES string of the molecule is CN=C(NCCCN1C(=O)C2C3C=CC(C3)C2C1=O)NCc1nnc2n1CCC2. The van der Waals surface area contributed by atoms with Crippen molar-refractivity contribution in [2.75, 3.05) is 20.1 Å². The van der Waals surface area contributed by atoms with Crippen molar-refractivity contribution in [2.24, 2.45) is 28.7 Å². The molecule has 1 saturated heterocycles. The molecular weight excluding hydrogens is 370 g/mol.